The number of ether oxygens (including phenoxy) is 1. The van der Waals surface area contributed by atoms with Crippen LogP contribution in [0.1, 0.15) is 33.6 Å². The third kappa shape index (κ3) is 4.29. The van der Waals surface area contributed by atoms with E-state index in [0.717, 1.165) is 25.1 Å². The van der Waals surface area contributed by atoms with E-state index >= 15 is 0 Å². The van der Waals surface area contributed by atoms with E-state index in [1.54, 1.807) is 11.3 Å². The average molecular weight is 304 g/mol. The molecule has 21 heavy (non-hydrogen) atoms. The highest BCUT2D eigenvalue weighted by atomic mass is 32.1. The monoisotopic (exact) mass is 304 g/mol. The fourth-order valence-corrected chi connectivity index (χ4v) is 3.48. The summed E-state index contributed by atoms with van der Waals surface area (Å²) in [4.78, 5) is 6.06. The number of rotatable bonds is 7. The van der Waals surface area contributed by atoms with E-state index in [1.807, 2.05) is 7.05 Å². The molecule has 0 fully saturated rings. The van der Waals surface area contributed by atoms with E-state index in [1.165, 1.54) is 26.7 Å². The van der Waals surface area contributed by atoms with E-state index < -0.39 is 0 Å². The molecule has 0 aliphatic heterocycles. The zero-order valence-corrected chi connectivity index (χ0v) is 14.1. The third-order valence-corrected chi connectivity index (χ3v) is 4.56. The van der Waals surface area contributed by atoms with Gasteiger partial charge in [0.05, 0.1) is 17.3 Å². The summed E-state index contributed by atoms with van der Waals surface area (Å²) in [6.07, 6.45) is 1.86. The molecule has 0 bridgehead atoms. The molecule has 1 aromatic carbocycles. The SMILES string of the molecule is CCc1nc(CCOc2ccc(C)cc2C)sc1CNC. The van der Waals surface area contributed by atoms with Crippen LogP contribution in [-0.2, 0) is 19.4 Å². The van der Waals surface area contributed by atoms with Crippen LogP contribution in [0, 0.1) is 13.8 Å². The van der Waals surface area contributed by atoms with Gasteiger partial charge in [-0.1, -0.05) is 24.6 Å². The molecule has 4 heteroatoms. The zero-order valence-electron chi connectivity index (χ0n) is 13.3. The highest BCUT2D eigenvalue weighted by molar-refractivity contribution is 7.11. The van der Waals surface area contributed by atoms with Crippen LogP contribution < -0.4 is 10.1 Å². The summed E-state index contributed by atoms with van der Waals surface area (Å²) in [6, 6.07) is 6.29. The number of hydrogen-bond acceptors (Lipinski definition) is 4. The molecule has 2 rings (SSSR count). The number of benzene rings is 1. The number of hydrogen-bond donors (Lipinski definition) is 1. The van der Waals surface area contributed by atoms with Crippen molar-refractivity contribution in [3.63, 3.8) is 0 Å². The van der Waals surface area contributed by atoms with Crippen LogP contribution in [0.4, 0.5) is 0 Å². The van der Waals surface area contributed by atoms with Gasteiger partial charge < -0.3 is 10.1 Å². The molecule has 0 unspecified atom stereocenters. The van der Waals surface area contributed by atoms with Crippen LogP contribution in [0.5, 0.6) is 5.75 Å². The number of aromatic nitrogens is 1. The maximum Gasteiger partial charge on any atom is 0.122 e. The van der Waals surface area contributed by atoms with Crippen molar-refractivity contribution in [1.29, 1.82) is 0 Å². The Hall–Kier alpha value is -1.39. The molecule has 0 atom stereocenters. The molecule has 0 amide bonds. The molecular weight excluding hydrogens is 280 g/mol. The second kappa shape index (κ2) is 7.57. The molecule has 1 heterocycles. The van der Waals surface area contributed by atoms with Crippen LogP contribution >= 0.6 is 11.3 Å². The molecule has 1 N–H and O–H groups in total. The molecule has 0 radical (unpaired) electrons. The van der Waals surface area contributed by atoms with Gasteiger partial charge in [0.15, 0.2) is 0 Å². The van der Waals surface area contributed by atoms with Crippen LogP contribution in [0.15, 0.2) is 18.2 Å². The van der Waals surface area contributed by atoms with Gasteiger partial charge in [-0.25, -0.2) is 4.98 Å². The molecule has 0 saturated heterocycles. The average Bonchev–Trinajstić information content (AvgIpc) is 2.84. The molecule has 2 aromatic rings. The Morgan fingerprint density at radius 3 is 2.76 bits per heavy atom. The summed E-state index contributed by atoms with van der Waals surface area (Å²) >= 11 is 1.80. The van der Waals surface area contributed by atoms with Crippen LogP contribution in [-0.4, -0.2) is 18.6 Å². The molecular formula is C17H24N2OS. The predicted octanol–water partition coefficient (Wildman–Crippen LogP) is 3.66. The summed E-state index contributed by atoms with van der Waals surface area (Å²) in [7, 11) is 1.97. The first kappa shape index (κ1) is 16.0. The fraction of sp³-hybridized carbons (Fsp3) is 0.471. The van der Waals surface area contributed by atoms with Gasteiger partial charge in [0.2, 0.25) is 0 Å². The van der Waals surface area contributed by atoms with Gasteiger partial charge >= 0.3 is 0 Å². The Bertz CT molecular complexity index is 592. The zero-order chi connectivity index (χ0) is 15.2. The van der Waals surface area contributed by atoms with Gasteiger partial charge in [0.25, 0.3) is 0 Å². The lowest BCUT2D eigenvalue weighted by Crippen LogP contribution is -2.05. The Morgan fingerprint density at radius 2 is 2.10 bits per heavy atom. The second-order valence-electron chi connectivity index (χ2n) is 5.23. The maximum atomic E-state index is 5.89. The Morgan fingerprint density at radius 1 is 1.29 bits per heavy atom. The van der Waals surface area contributed by atoms with Gasteiger partial charge in [-0.15, -0.1) is 11.3 Å². The smallest absolute Gasteiger partial charge is 0.122 e. The highest BCUT2D eigenvalue weighted by Gasteiger charge is 2.09. The number of thiazole rings is 1. The van der Waals surface area contributed by atoms with Gasteiger partial charge in [-0.05, 0) is 38.9 Å². The van der Waals surface area contributed by atoms with E-state index in [2.05, 4.69) is 44.3 Å². The topological polar surface area (TPSA) is 34.1 Å². The lowest BCUT2D eigenvalue weighted by atomic mass is 10.1. The summed E-state index contributed by atoms with van der Waals surface area (Å²) in [6.45, 7) is 7.93. The van der Waals surface area contributed by atoms with E-state index in [-0.39, 0.29) is 0 Å². The molecule has 3 nitrogen and oxygen atoms in total. The lowest BCUT2D eigenvalue weighted by Gasteiger charge is -2.08. The van der Waals surface area contributed by atoms with Crippen molar-refractivity contribution in [3.8, 4) is 5.75 Å². The van der Waals surface area contributed by atoms with Gasteiger partial charge in [-0.2, -0.15) is 0 Å². The minimum atomic E-state index is 0.680. The Kier molecular flexibility index (Phi) is 5.76. The van der Waals surface area contributed by atoms with Crippen molar-refractivity contribution in [1.82, 2.24) is 10.3 Å². The van der Waals surface area contributed by atoms with Crippen LogP contribution in [0.2, 0.25) is 0 Å². The molecule has 0 saturated carbocycles. The maximum absolute atomic E-state index is 5.89. The molecule has 114 valence electrons. The van der Waals surface area contributed by atoms with Crippen LogP contribution in [0.25, 0.3) is 0 Å². The first-order valence-corrected chi connectivity index (χ1v) is 8.27. The second-order valence-corrected chi connectivity index (χ2v) is 6.40. The molecule has 0 aliphatic rings. The number of aryl methyl sites for hydroxylation is 3. The largest absolute Gasteiger partial charge is 0.493 e. The lowest BCUT2D eigenvalue weighted by molar-refractivity contribution is 0.319. The molecule has 1 aromatic heterocycles. The van der Waals surface area contributed by atoms with Crippen molar-refractivity contribution >= 4 is 11.3 Å². The standard InChI is InChI=1S/C17H24N2OS/c1-5-14-16(11-18-4)21-17(19-14)8-9-20-15-7-6-12(2)10-13(15)3/h6-7,10,18H,5,8-9,11H2,1-4H3. The predicted molar refractivity (Wildman–Crippen MR) is 89.4 cm³/mol. The fourth-order valence-electron chi connectivity index (χ4n) is 2.33. The van der Waals surface area contributed by atoms with Crippen molar-refractivity contribution in [2.45, 2.75) is 40.2 Å². The number of nitrogens with one attached hydrogen (secondary N) is 1. The molecule has 0 spiro atoms. The van der Waals surface area contributed by atoms with Crippen LogP contribution in [0.3, 0.4) is 0 Å². The van der Waals surface area contributed by atoms with Gasteiger partial charge in [0.1, 0.15) is 5.75 Å². The van der Waals surface area contributed by atoms with Crippen molar-refractivity contribution in [2.24, 2.45) is 0 Å². The van der Waals surface area contributed by atoms with Crippen molar-refractivity contribution in [2.75, 3.05) is 13.7 Å². The Labute approximate surface area is 131 Å². The summed E-state index contributed by atoms with van der Waals surface area (Å²) in [5.74, 6) is 0.975. The first-order chi connectivity index (χ1) is 10.1. The highest BCUT2D eigenvalue weighted by Crippen LogP contribution is 2.21. The van der Waals surface area contributed by atoms with Gasteiger partial charge in [0, 0.05) is 17.8 Å². The summed E-state index contributed by atoms with van der Waals surface area (Å²) < 4.78 is 5.89. The summed E-state index contributed by atoms with van der Waals surface area (Å²) in [5, 5.41) is 4.37. The van der Waals surface area contributed by atoms with Gasteiger partial charge in [-0.3, -0.25) is 0 Å². The van der Waals surface area contributed by atoms with E-state index in [9.17, 15) is 0 Å². The normalized spacial score (nSPS) is 10.9. The summed E-state index contributed by atoms with van der Waals surface area (Å²) in [5.41, 5.74) is 3.68. The van der Waals surface area contributed by atoms with Crippen molar-refractivity contribution in [3.05, 3.63) is 44.9 Å². The third-order valence-electron chi connectivity index (χ3n) is 3.40. The van der Waals surface area contributed by atoms with E-state index in [0.29, 0.717) is 6.61 Å². The van der Waals surface area contributed by atoms with Crippen molar-refractivity contribution < 1.29 is 4.74 Å². The first-order valence-electron chi connectivity index (χ1n) is 7.46. The Balaban J connectivity index is 1.94. The quantitative estimate of drug-likeness (QED) is 0.847. The number of nitrogens with zero attached hydrogens (tertiary/aromatic N) is 1. The minimum Gasteiger partial charge on any atom is -0.493 e. The molecule has 0 aliphatic carbocycles. The van der Waals surface area contributed by atoms with E-state index in [4.69, 9.17) is 9.72 Å². The minimum absolute atomic E-state index is 0.680.